The summed E-state index contributed by atoms with van der Waals surface area (Å²) in [6, 6.07) is 5.26. The van der Waals surface area contributed by atoms with Crippen LogP contribution in [-0.4, -0.2) is 81.3 Å². The molecule has 0 unspecified atom stereocenters. The molecule has 148 valence electrons. The Labute approximate surface area is 159 Å². The average molecular weight is 377 g/mol. The van der Waals surface area contributed by atoms with Gasteiger partial charge in [0.2, 0.25) is 5.91 Å². The Hall–Kier alpha value is -2.32. The van der Waals surface area contributed by atoms with Crippen molar-refractivity contribution in [2.75, 3.05) is 58.9 Å². The number of hydrogen-bond acceptors (Lipinski definition) is 6. The van der Waals surface area contributed by atoms with E-state index in [0.717, 1.165) is 12.8 Å². The number of anilines is 1. The molecule has 0 aromatic heterocycles. The normalized spacial score (nSPS) is 20.4. The molecule has 2 heterocycles. The van der Waals surface area contributed by atoms with Gasteiger partial charge in [0.1, 0.15) is 17.6 Å². The van der Waals surface area contributed by atoms with Gasteiger partial charge in [-0.2, -0.15) is 0 Å². The monoisotopic (exact) mass is 377 g/mol. The molecule has 0 saturated carbocycles. The van der Waals surface area contributed by atoms with Crippen molar-refractivity contribution in [3.05, 3.63) is 18.2 Å². The largest absolute Gasteiger partial charge is 0.497 e. The number of carbonyl (C=O) groups excluding carboxylic acids is 2. The lowest BCUT2D eigenvalue weighted by Crippen LogP contribution is -2.52. The van der Waals surface area contributed by atoms with Gasteiger partial charge < -0.3 is 24.4 Å². The van der Waals surface area contributed by atoms with E-state index < -0.39 is 0 Å². The number of nitrogens with one attached hydrogen (secondary N) is 1. The van der Waals surface area contributed by atoms with Gasteiger partial charge in [0, 0.05) is 38.9 Å². The first-order chi connectivity index (χ1) is 13.1. The minimum atomic E-state index is -0.277. The maximum atomic E-state index is 12.4. The van der Waals surface area contributed by atoms with Crippen LogP contribution in [0, 0.1) is 0 Å². The number of hydrogen-bond donors (Lipinski definition) is 1. The molecule has 1 aromatic rings. The second kappa shape index (κ2) is 9.05. The van der Waals surface area contributed by atoms with Gasteiger partial charge in [-0.1, -0.05) is 0 Å². The summed E-state index contributed by atoms with van der Waals surface area (Å²) in [7, 11) is 3.13. The topological polar surface area (TPSA) is 80.3 Å². The Morgan fingerprint density at radius 3 is 2.59 bits per heavy atom. The van der Waals surface area contributed by atoms with E-state index in [0.29, 0.717) is 50.0 Å². The Balaban J connectivity index is 1.49. The minimum Gasteiger partial charge on any atom is -0.497 e. The summed E-state index contributed by atoms with van der Waals surface area (Å²) in [4.78, 5) is 28.7. The zero-order valence-corrected chi connectivity index (χ0v) is 15.9. The molecule has 2 aliphatic heterocycles. The molecule has 2 saturated heterocycles. The smallest absolute Gasteiger partial charge is 0.251 e. The first-order valence-corrected chi connectivity index (χ1v) is 9.25. The van der Waals surface area contributed by atoms with Crippen molar-refractivity contribution in [3.63, 3.8) is 0 Å². The predicted molar refractivity (Wildman–Crippen MR) is 100 cm³/mol. The van der Waals surface area contributed by atoms with Crippen molar-refractivity contribution >= 4 is 17.5 Å². The van der Waals surface area contributed by atoms with Gasteiger partial charge in [0.15, 0.2) is 0 Å². The number of nitrogens with zero attached hydrogens (tertiary/aromatic N) is 2. The maximum absolute atomic E-state index is 12.4. The number of benzene rings is 1. The molecule has 1 aromatic carbocycles. The zero-order chi connectivity index (χ0) is 19.2. The van der Waals surface area contributed by atoms with E-state index in [1.165, 1.54) is 0 Å². The highest BCUT2D eigenvalue weighted by Gasteiger charge is 2.30. The Kier molecular flexibility index (Phi) is 6.52. The number of carbonyl (C=O) groups is 2. The van der Waals surface area contributed by atoms with Crippen molar-refractivity contribution in [1.82, 2.24) is 9.80 Å². The Morgan fingerprint density at radius 1 is 1.19 bits per heavy atom. The molecule has 3 rings (SSSR count). The second-order valence-electron chi connectivity index (χ2n) is 6.72. The first-order valence-electron chi connectivity index (χ1n) is 9.25. The van der Waals surface area contributed by atoms with Gasteiger partial charge in [-0.3, -0.25) is 14.5 Å². The summed E-state index contributed by atoms with van der Waals surface area (Å²) in [5.41, 5.74) is 0.578. The zero-order valence-electron chi connectivity index (χ0n) is 15.9. The van der Waals surface area contributed by atoms with Gasteiger partial charge in [0.05, 0.1) is 26.5 Å². The van der Waals surface area contributed by atoms with E-state index in [2.05, 4.69) is 5.32 Å². The minimum absolute atomic E-state index is 0.0812. The number of ether oxygens (including phenoxy) is 3. The molecule has 0 radical (unpaired) electrons. The molecule has 0 aliphatic carbocycles. The molecule has 0 bridgehead atoms. The van der Waals surface area contributed by atoms with E-state index in [1.807, 2.05) is 9.80 Å². The molecule has 1 N–H and O–H groups in total. The SMILES string of the molecule is COc1ccc(OC)c(NC(=O)CN2CCN(C(=O)[C@H]3CCCO3)CC2)c1. The van der Waals surface area contributed by atoms with Crippen LogP contribution < -0.4 is 14.8 Å². The van der Waals surface area contributed by atoms with Gasteiger partial charge in [-0.05, 0) is 25.0 Å². The van der Waals surface area contributed by atoms with Gasteiger partial charge in [-0.25, -0.2) is 0 Å². The lowest BCUT2D eigenvalue weighted by atomic mass is 10.2. The number of amides is 2. The van der Waals surface area contributed by atoms with E-state index in [9.17, 15) is 9.59 Å². The van der Waals surface area contributed by atoms with Crippen LogP contribution in [0.25, 0.3) is 0 Å². The molecule has 2 aliphatic rings. The fourth-order valence-electron chi connectivity index (χ4n) is 3.41. The third-order valence-corrected chi connectivity index (χ3v) is 4.94. The number of rotatable bonds is 6. The Morgan fingerprint density at radius 2 is 1.96 bits per heavy atom. The van der Waals surface area contributed by atoms with Crippen LogP contribution >= 0.6 is 0 Å². The number of methoxy groups -OCH3 is 2. The van der Waals surface area contributed by atoms with E-state index in [-0.39, 0.29) is 24.5 Å². The van der Waals surface area contributed by atoms with Crippen LogP contribution in [0.5, 0.6) is 11.5 Å². The van der Waals surface area contributed by atoms with Gasteiger partial charge in [-0.15, -0.1) is 0 Å². The summed E-state index contributed by atoms with van der Waals surface area (Å²) in [5.74, 6) is 1.18. The molecule has 27 heavy (non-hydrogen) atoms. The van der Waals surface area contributed by atoms with Crippen LogP contribution in [0.15, 0.2) is 18.2 Å². The molecule has 2 fully saturated rings. The summed E-state index contributed by atoms with van der Waals surface area (Å²) < 4.78 is 16.0. The molecule has 2 amide bonds. The molecule has 0 spiro atoms. The maximum Gasteiger partial charge on any atom is 0.251 e. The van der Waals surface area contributed by atoms with Crippen molar-refractivity contribution in [1.29, 1.82) is 0 Å². The highest BCUT2D eigenvalue weighted by Crippen LogP contribution is 2.28. The van der Waals surface area contributed by atoms with Crippen LogP contribution in [0.1, 0.15) is 12.8 Å². The van der Waals surface area contributed by atoms with Crippen LogP contribution in [0.4, 0.5) is 5.69 Å². The fraction of sp³-hybridized carbons (Fsp3) is 0.579. The molecule has 1 atom stereocenters. The summed E-state index contributed by atoms with van der Waals surface area (Å²) in [6.07, 6.45) is 1.48. The van der Waals surface area contributed by atoms with Crippen molar-refractivity contribution in [2.45, 2.75) is 18.9 Å². The molecule has 8 nitrogen and oxygen atoms in total. The quantitative estimate of drug-likeness (QED) is 0.796. The van der Waals surface area contributed by atoms with Crippen LogP contribution in [-0.2, 0) is 14.3 Å². The molecule has 8 heteroatoms. The second-order valence-corrected chi connectivity index (χ2v) is 6.72. The van der Waals surface area contributed by atoms with Crippen molar-refractivity contribution in [3.8, 4) is 11.5 Å². The van der Waals surface area contributed by atoms with Crippen LogP contribution in [0.2, 0.25) is 0 Å². The highest BCUT2D eigenvalue weighted by molar-refractivity contribution is 5.94. The molecular formula is C19H27N3O5. The third kappa shape index (κ3) is 4.90. The van der Waals surface area contributed by atoms with Gasteiger partial charge >= 0.3 is 0 Å². The van der Waals surface area contributed by atoms with Crippen molar-refractivity contribution < 1.29 is 23.8 Å². The van der Waals surface area contributed by atoms with E-state index in [4.69, 9.17) is 14.2 Å². The summed E-state index contributed by atoms with van der Waals surface area (Å²) in [5, 5.41) is 2.88. The summed E-state index contributed by atoms with van der Waals surface area (Å²) >= 11 is 0. The Bertz CT molecular complexity index is 667. The number of piperazine rings is 1. The summed E-state index contributed by atoms with van der Waals surface area (Å²) in [6.45, 7) is 3.51. The van der Waals surface area contributed by atoms with Gasteiger partial charge in [0.25, 0.3) is 5.91 Å². The lowest BCUT2D eigenvalue weighted by Gasteiger charge is -2.35. The predicted octanol–water partition coefficient (Wildman–Crippen LogP) is 0.966. The fourth-order valence-corrected chi connectivity index (χ4v) is 3.41. The molecular weight excluding hydrogens is 350 g/mol. The highest BCUT2D eigenvalue weighted by atomic mass is 16.5. The standard InChI is InChI=1S/C19H27N3O5/c1-25-14-5-6-16(26-2)15(12-14)20-18(23)13-21-7-9-22(10-8-21)19(24)17-4-3-11-27-17/h5-6,12,17H,3-4,7-11,13H2,1-2H3,(H,20,23)/t17-/m1/s1. The van der Waals surface area contributed by atoms with E-state index >= 15 is 0 Å². The first kappa shape index (κ1) is 19.4. The third-order valence-electron chi connectivity index (χ3n) is 4.94. The lowest BCUT2D eigenvalue weighted by molar-refractivity contribution is -0.142. The van der Waals surface area contributed by atoms with Crippen LogP contribution in [0.3, 0.4) is 0 Å². The average Bonchev–Trinajstić information content (AvgIpc) is 3.22. The van der Waals surface area contributed by atoms with E-state index in [1.54, 1.807) is 32.4 Å². The van der Waals surface area contributed by atoms with Crippen molar-refractivity contribution in [2.24, 2.45) is 0 Å².